The van der Waals surface area contributed by atoms with Crippen molar-refractivity contribution in [1.82, 2.24) is 0 Å². The van der Waals surface area contributed by atoms with Gasteiger partial charge in [0.1, 0.15) is 0 Å². The number of unbranched alkanes of at least 4 members (excludes halogenated alkanes) is 8. The predicted molar refractivity (Wildman–Crippen MR) is 119 cm³/mol. The van der Waals surface area contributed by atoms with Gasteiger partial charge in [-0.3, -0.25) is 4.79 Å². The zero-order valence-corrected chi connectivity index (χ0v) is 18.4. The lowest BCUT2D eigenvalue weighted by Gasteiger charge is -2.13. The largest absolute Gasteiger partial charge is 0.481 e. The molecule has 0 amide bonds. The van der Waals surface area contributed by atoms with Gasteiger partial charge >= 0.3 is 5.97 Å². The summed E-state index contributed by atoms with van der Waals surface area (Å²) in [6, 6.07) is 10.4. The van der Waals surface area contributed by atoms with E-state index in [9.17, 15) is 9.90 Å². The first-order valence-corrected chi connectivity index (χ1v) is 11.6. The quantitative estimate of drug-likeness (QED) is 0.257. The fraction of sp³-hybridized carbons (Fsp3) is 0.720. The molecule has 0 fully saturated rings. The number of aliphatic hydroxyl groups excluding tert-OH is 1. The van der Waals surface area contributed by atoms with Gasteiger partial charge in [0.05, 0.1) is 18.8 Å². The van der Waals surface area contributed by atoms with Crippen molar-refractivity contribution in [3.05, 3.63) is 35.9 Å². The minimum Gasteiger partial charge on any atom is -0.481 e. The average Bonchev–Trinajstić information content (AvgIpc) is 2.71. The molecule has 29 heavy (non-hydrogen) atoms. The van der Waals surface area contributed by atoms with E-state index in [1.54, 1.807) is 0 Å². The summed E-state index contributed by atoms with van der Waals surface area (Å²) in [5.41, 5.74) is 1.24. The molecule has 1 rings (SSSR count). The molecule has 0 saturated carbocycles. The highest BCUT2D eigenvalue weighted by Crippen LogP contribution is 2.15. The molecule has 166 valence electrons. The highest BCUT2D eigenvalue weighted by molar-refractivity contribution is 5.66. The lowest BCUT2D eigenvalue weighted by molar-refractivity contribution is -0.137. The fourth-order valence-electron chi connectivity index (χ4n) is 3.57. The molecule has 0 bridgehead atoms. The van der Waals surface area contributed by atoms with Crippen molar-refractivity contribution in [3.63, 3.8) is 0 Å². The number of rotatable bonds is 19. The maximum absolute atomic E-state index is 10.4. The van der Waals surface area contributed by atoms with E-state index in [1.165, 1.54) is 50.5 Å². The van der Waals surface area contributed by atoms with Crippen LogP contribution >= 0.6 is 0 Å². The van der Waals surface area contributed by atoms with Gasteiger partial charge in [-0.25, -0.2) is 0 Å². The Morgan fingerprint density at radius 3 is 1.93 bits per heavy atom. The van der Waals surface area contributed by atoms with E-state index in [4.69, 9.17) is 9.84 Å². The van der Waals surface area contributed by atoms with Crippen LogP contribution in [-0.2, 0) is 16.1 Å². The van der Waals surface area contributed by atoms with Crippen molar-refractivity contribution in [1.29, 1.82) is 0 Å². The van der Waals surface area contributed by atoms with Gasteiger partial charge < -0.3 is 14.9 Å². The van der Waals surface area contributed by atoms with Crippen LogP contribution < -0.4 is 0 Å². The fourth-order valence-corrected chi connectivity index (χ4v) is 3.57. The summed E-state index contributed by atoms with van der Waals surface area (Å²) < 4.78 is 5.91. The van der Waals surface area contributed by atoms with E-state index < -0.39 is 5.97 Å². The van der Waals surface area contributed by atoms with Crippen molar-refractivity contribution >= 4 is 5.97 Å². The highest BCUT2D eigenvalue weighted by Gasteiger charge is 2.05. The van der Waals surface area contributed by atoms with Crippen LogP contribution in [-0.4, -0.2) is 28.4 Å². The molecule has 1 aromatic rings. The van der Waals surface area contributed by atoms with Crippen molar-refractivity contribution in [2.24, 2.45) is 0 Å². The van der Waals surface area contributed by atoms with E-state index in [0.29, 0.717) is 19.1 Å². The Balaban J connectivity index is 1.82. The number of aliphatic carboxylic acids is 1. The Bertz CT molecular complexity index is 503. The predicted octanol–water partition coefficient (Wildman–Crippen LogP) is 6.50. The molecule has 2 N–H and O–H groups in total. The zero-order chi connectivity index (χ0) is 21.2. The maximum Gasteiger partial charge on any atom is 0.303 e. The molecule has 0 spiro atoms. The van der Waals surface area contributed by atoms with Gasteiger partial charge in [-0.2, -0.15) is 0 Å². The second-order valence-electron chi connectivity index (χ2n) is 8.31. The molecule has 0 aliphatic carbocycles. The average molecular weight is 407 g/mol. The van der Waals surface area contributed by atoms with E-state index in [1.807, 2.05) is 6.07 Å². The first kappa shape index (κ1) is 25.6. The summed E-state index contributed by atoms with van der Waals surface area (Å²) >= 11 is 0. The third-order valence-corrected chi connectivity index (χ3v) is 5.45. The Labute approximate surface area is 177 Å². The summed E-state index contributed by atoms with van der Waals surface area (Å²) in [4.78, 5) is 10.4. The Kier molecular flexibility index (Phi) is 15.4. The summed E-state index contributed by atoms with van der Waals surface area (Å²) in [7, 11) is 0. The van der Waals surface area contributed by atoms with Gasteiger partial charge in [-0.1, -0.05) is 88.1 Å². The summed E-state index contributed by atoms with van der Waals surface area (Å²) in [6.07, 6.45) is 14.4. The van der Waals surface area contributed by atoms with Gasteiger partial charge in [-0.15, -0.1) is 0 Å². The Morgan fingerprint density at radius 1 is 0.828 bits per heavy atom. The molecule has 0 saturated heterocycles. The molecule has 0 radical (unpaired) electrons. The second kappa shape index (κ2) is 17.5. The van der Waals surface area contributed by atoms with Crippen LogP contribution in [0.15, 0.2) is 30.3 Å². The molecule has 1 aromatic carbocycles. The van der Waals surface area contributed by atoms with E-state index in [-0.39, 0.29) is 12.5 Å². The molecule has 4 heteroatoms. The second-order valence-corrected chi connectivity index (χ2v) is 8.31. The number of hydrogen-bond donors (Lipinski definition) is 2. The van der Waals surface area contributed by atoms with E-state index in [2.05, 4.69) is 31.2 Å². The zero-order valence-electron chi connectivity index (χ0n) is 18.4. The standard InChI is InChI=1S/C25H42O4/c1-22(29-21-23-16-10-8-11-17-23)15-9-6-4-2-3-5-7-12-18-24(26)19-13-14-20-25(27)28/h8,10-11,16-17,22,24,26H,2-7,9,12-15,18-21H2,1H3,(H,27,28). The Hall–Kier alpha value is -1.39. The minimum absolute atomic E-state index is 0.215. The SMILES string of the molecule is CC(CCCCCCCCCCC(O)CCCCC(=O)O)OCc1ccccc1. The number of hydrogen-bond acceptors (Lipinski definition) is 3. The van der Waals surface area contributed by atoms with Crippen molar-refractivity contribution in [2.45, 2.75) is 116 Å². The Morgan fingerprint density at radius 2 is 1.34 bits per heavy atom. The topological polar surface area (TPSA) is 66.8 Å². The molecule has 0 aliphatic heterocycles. The first-order valence-electron chi connectivity index (χ1n) is 11.6. The molecule has 2 atom stereocenters. The van der Waals surface area contributed by atoms with Gasteiger partial charge in [0.25, 0.3) is 0 Å². The van der Waals surface area contributed by atoms with Crippen LogP contribution in [0.25, 0.3) is 0 Å². The molecular weight excluding hydrogens is 364 g/mol. The van der Waals surface area contributed by atoms with Crippen LogP contribution in [0.1, 0.15) is 102 Å². The molecule has 4 nitrogen and oxygen atoms in total. The first-order chi connectivity index (χ1) is 14.1. The molecule has 2 unspecified atom stereocenters. The third kappa shape index (κ3) is 16.1. The number of ether oxygens (including phenoxy) is 1. The van der Waals surface area contributed by atoms with E-state index in [0.717, 1.165) is 32.1 Å². The molecular formula is C25H42O4. The molecule has 0 aliphatic rings. The number of carbonyl (C=O) groups is 1. The molecule has 0 heterocycles. The lowest BCUT2D eigenvalue weighted by Crippen LogP contribution is -2.07. The van der Waals surface area contributed by atoms with E-state index >= 15 is 0 Å². The number of aliphatic hydroxyl groups is 1. The van der Waals surface area contributed by atoms with Crippen molar-refractivity contribution < 1.29 is 19.7 Å². The van der Waals surface area contributed by atoms with Crippen LogP contribution in [0, 0.1) is 0 Å². The van der Waals surface area contributed by atoms with Gasteiger partial charge in [0, 0.05) is 6.42 Å². The van der Waals surface area contributed by atoms with Crippen molar-refractivity contribution in [2.75, 3.05) is 0 Å². The maximum atomic E-state index is 10.4. The van der Waals surface area contributed by atoms with Gasteiger partial charge in [0.2, 0.25) is 0 Å². The molecule has 0 aromatic heterocycles. The van der Waals surface area contributed by atoms with Crippen LogP contribution in [0.2, 0.25) is 0 Å². The van der Waals surface area contributed by atoms with Crippen molar-refractivity contribution in [3.8, 4) is 0 Å². The highest BCUT2D eigenvalue weighted by atomic mass is 16.5. The number of carboxylic acid groups (broad SMARTS) is 1. The number of benzene rings is 1. The van der Waals surface area contributed by atoms with Gasteiger partial charge in [0.15, 0.2) is 0 Å². The summed E-state index contributed by atoms with van der Waals surface area (Å²) in [5, 5.41) is 18.5. The van der Waals surface area contributed by atoms with Gasteiger partial charge in [-0.05, 0) is 38.2 Å². The van der Waals surface area contributed by atoms with Crippen LogP contribution in [0.3, 0.4) is 0 Å². The monoisotopic (exact) mass is 406 g/mol. The third-order valence-electron chi connectivity index (χ3n) is 5.45. The van der Waals surface area contributed by atoms with Crippen LogP contribution in [0.5, 0.6) is 0 Å². The summed E-state index contributed by atoms with van der Waals surface area (Å²) in [5.74, 6) is -0.745. The smallest absolute Gasteiger partial charge is 0.303 e. The summed E-state index contributed by atoms with van der Waals surface area (Å²) in [6.45, 7) is 2.88. The number of carboxylic acids is 1. The lowest BCUT2D eigenvalue weighted by atomic mass is 10.0. The van der Waals surface area contributed by atoms with Crippen LogP contribution in [0.4, 0.5) is 0 Å². The normalized spacial score (nSPS) is 13.3. The minimum atomic E-state index is -0.745.